The number of fused-ring (bicyclic) bond motifs is 1. The van der Waals surface area contributed by atoms with E-state index in [1.54, 1.807) is 11.3 Å². The van der Waals surface area contributed by atoms with Crippen molar-refractivity contribution in [3.8, 4) is 0 Å². The highest BCUT2D eigenvalue weighted by Gasteiger charge is 2.22. The van der Waals surface area contributed by atoms with Gasteiger partial charge in [0.25, 0.3) is 0 Å². The minimum Gasteiger partial charge on any atom is -0.316 e. The first-order chi connectivity index (χ1) is 11.3. The highest BCUT2D eigenvalue weighted by atomic mass is 35.5. The summed E-state index contributed by atoms with van der Waals surface area (Å²) in [6, 6.07) is 0. The molecule has 1 saturated heterocycles. The molecule has 4 nitrogen and oxygen atoms in total. The van der Waals surface area contributed by atoms with Crippen molar-refractivity contribution in [2.75, 3.05) is 19.6 Å². The van der Waals surface area contributed by atoms with E-state index in [2.05, 4.69) is 22.1 Å². The van der Waals surface area contributed by atoms with Crippen LogP contribution in [0.4, 0.5) is 0 Å². The van der Waals surface area contributed by atoms with Crippen LogP contribution in [0.5, 0.6) is 0 Å². The zero-order chi connectivity index (χ0) is 15.6. The van der Waals surface area contributed by atoms with Crippen LogP contribution >= 0.6 is 35.1 Å². The third-order valence-electron chi connectivity index (χ3n) is 4.89. The summed E-state index contributed by atoms with van der Waals surface area (Å²) in [5.41, 5.74) is 4.53. The Hall–Kier alpha value is -0.530. The van der Waals surface area contributed by atoms with Crippen LogP contribution in [0.2, 0.25) is 0 Å². The van der Waals surface area contributed by atoms with Crippen LogP contribution in [-0.4, -0.2) is 34.5 Å². The van der Waals surface area contributed by atoms with E-state index < -0.39 is 0 Å². The summed E-state index contributed by atoms with van der Waals surface area (Å²) in [7, 11) is 0. The molecule has 1 aliphatic heterocycles. The normalized spacial score (nSPS) is 19.7. The van der Waals surface area contributed by atoms with Crippen molar-refractivity contribution in [2.45, 2.75) is 45.7 Å². The van der Waals surface area contributed by atoms with E-state index in [4.69, 9.17) is 4.98 Å². The first kappa shape index (κ1) is 18.3. The molecule has 0 radical (unpaired) electrons. The average molecular weight is 385 g/mol. The van der Waals surface area contributed by atoms with Gasteiger partial charge in [-0.2, -0.15) is 0 Å². The Kier molecular flexibility index (Phi) is 6.27. The molecule has 2 aromatic rings. The van der Waals surface area contributed by atoms with Gasteiger partial charge in [-0.15, -0.1) is 35.1 Å². The third kappa shape index (κ3) is 4.17. The summed E-state index contributed by atoms with van der Waals surface area (Å²) in [4.78, 5) is 14.9. The molecule has 1 unspecified atom stereocenters. The molecule has 0 amide bonds. The van der Waals surface area contributed by atoms with Crippen LogP contribution in [0.25, 0.3) is 0 Å². The lowest BCUT2D eigenvalue weighted by molar-refractivity contribution is 0.221. The maximum atomic E-state index is 4.91. The molecule has 1 N–H and O–H groups in total. The molecule has 4 rings (SSSR count). The Balaban J connectivity index is 0.00000169. The van der Waals surface area contributed by atoms with Crippen LogP contribution in [0.15, 0.2) is 5.51 Å². The number of rotatable bonds is 6. The van der Waals surface area contributed by atoms with Gasteiger partial charge in [-0.1, -0.05) is 0 Å². The van der Waals surface area contributed by atoms with Gasteiger partial charge < -0.3 is 5.32 Å². The zero-order valence-corrected chi connectivity index (χ0v) is 16.5. The third-order valence-corrected chi connectivity index (χ3v) is 6.95. The lowest BCUT2D eigenvalue weighted by atomic mass is 10.1. The number of nitrogens with one attached hydrogen (secondary N) is 1. The van der Waals surface area contributed by atoms with Crippen molar-refractivity contribution in [1.29, 1.82) is 0 Å². The Morgan fingerprint density at radius 2 is 2.25 bits per heavy atom. The maximum Gasteiger partial charge on any atom is 0.107 e. The Morgan fingerprint density at radius 3 is 2.96 bits per heavy atom. The quantitative estimate of drug-likeness (QED) is 0.828. The predicted octanol–water partition coefficient (Wildman–Crippen LogP) is 3.43. The zero-order valence-electron chi connectivity index (χ0n) is 14.1. The summed E-state index contributed by atoms with van der Waals surface area (Å²) in [6.45, 7) is 7.62. The van der Waals surface area contributed by atoms with Crippen LogP contribution in [-0.2, 0) is 25.9 Å². The van der Waals surface area contributed by atoms with Gasteiger partial charge in [0, 0.05) is 22.8 Å². The van der Waals surface area contributed by atoms with Crippen LogP contribution in [0, 0.1) is 12.8 Å². The number of hydrogen-bond acceptors (Lipinski definition) is 6. The highest BCUT2D eigenvalue weighted by Crippen LogP contribution is 2.29. The van der Waals surface area contributed by atoms with Crippen molar-refractivity contribution in [3.05, 3.63) is 31.7 Å². The van der Waals surface area contributed by atoms with E-state index >= 15 is 0 Å². The molecule has 0 saturated carbocycles. The fourth-order valence-corrected chi connectivity index (χ4v) is 5.62. The van der Waals surface area contributed by atoms with E-state index in [1.807, 2.05) is 16.8 Å². The molecule has 7 heteroatoms. The summed E-state index contributed by atoms with van der Waals surface area (Å²) in [5.74, 6) is 0.773. The van der Waals surface area contributed by atoms with E-state index in [1.165, 1.54) is 58.4 Å². The van der Waals surface area contributed by atoms with Gasteiger partial charge in [-0.05, 0) is 51.6 Å². The van der Waals surface area contributed by atoms with E-state index in [0.29, 0.717) is 0 Å². The van der Waals surface area contributed by atoms with Crippen LogP contribution in [0.3, 0.4) is 0 Å². The van der Waals surface area contributed by atoms with Crippen molar-refractivity contribution in [2.24, 2.45) is 5.92 Å². The summed E-state index contributed by atoms with van der Waals surface area (Å²) in [6.07, 6.45) is 5.03. The molecule has 0 aromatic carbocycles. The second-order valence-corrected chi connectivity index (χ2v) is 8.83. The first-order valence-corrected chi connectivity index (χ1v) is 10.3. The van der Waals surface area contributed by atoms with E-state index in [0.717, 1.165) is 32.1 Å². The van der Waals surface area contributed by atoms with Crippen molar-refractivity contribution >= 4 is 35.1 Å². The molecule has 0 bridgehead atoms. The second-order valence-electron chi connectivity index (χ2n) is 6.72. The van der Waals surface area contributed by atoms with Gasteiger partial charge in [0.1, 0.15) is 5.01 Å². The number of aromatic nitrogens is 2. The molecular weight excluding hydrogens is 360 g/mol. The van der Waals surface area contributed by atoms with Gasteiger partial charge >= 0.3 is 0 Å². The van der Waals surface area contributed by atoms with Crippen molar-refractivity contribution in [1.82, 2.24) is 20.2 Å². The van der Waals surface area contributed by atoms with E-state index in [-0.39, 0.29) is 12.4 Å². The number of hydrogen-bond donors (Lipinski definition) is 1. The van der Waals surface area contributed by atoms with Gasteiger partial charge in [-0.25, -0.2) is 9.97 Å². The largest absolute Gasteiger partial charge is 0.316 e. The van der Waals surface area contributed by atoms with Crippen molar-refractivity contribution < 1.29 is 0 Å². The van der Waals surface area contributed by atoms with E-state index in [9.17, 15) is 0 Å². The van der Waals surface area contributed by atoms with Gasteiger partial charge in [-0.3, -0.25) is 4.90 Å². The topological polar surface area (TPSA) is 41.1 Å². The van der Waals surface area contributed by atoms with Crippen LogP contribution < -0.4 is 5.32 Å². The summed E-state index contributed by atoms with van der Waals surface area (Å²) >= 11 is 3.73. The minimum absolute atomic E-state index is 0. The van der Waals surface area contributed by atoms with Gasteiger partial charge in [0.05, 0.1) is 23.4 Å². The molecule has 1 aliphatic carbocycles. The number of aryl methyl sites for hydroxylation is 3. The molecule has 2 aliphatic rings. The average Bonchev–Trinajstić information content (AvgIpc) is 3.25. The van der Waals surface area contributed by atoms with Crippen molar-refractivity contribution in [3.63, 3.8) is 0 Å². The fraction of sp³-hybridized carbons (Fsp3) is 0.647. The monoisotopic (exact) mass is 384 g/mol. The molecule has 0 spiro atoms. The fourth-order valence-electron chi connectivity index (χ4n) is 3.60. The predicted molar refractivity (Wildman–Crippen MR) is 103 cm³/mol. The Bertz CT molecular complexity index is 642. The van der Waals surface area contributed by atoms with Gasteiger partial charge in [0.2, 0.25) is 0 Å². The first-order valence-electron chi connectivity index (χ1n) is 8.57. The molecular formula is C17H25ClN4S2. The molecule has 24 heavy (non-hydrogen) atoms. The van der Waals surface area contributed by atoms with Gasteiger partial charge in [0.15, 0.2) is 0 Å². The summed E-state index contributed by atoms with van der Waals surface area (Å²) in [5, 5.41) is 4.80. The second kappa shape index (κ2) is 8.23. The Morgan fingerprint density at radius 1 is 1.33 bits per heavy atom. The molecule has 132 valence electrons. The Labute approximate surface area is 158 Å². The van der Waals surface area contributed by atoms with Crippen LogP contribution in [0.1, 0.15) is 39.0 Å². The molecule has 2 aromatic heterocycles. The minimum atomic E-state index is 0. The SMILES string of the molecule is Cc1ncsc1CN(Cc1nc2c(s1)CCC2)CC1CCNC1.Cl. The standard InChI is InChI=1S/C17H24N4S2.ClH/c1-12-16(22-11-19-12)9-21(8-13-5-6-18-7-13)10-17-20-14-3-2-4-15(14)23-17;/h11,13,18H,2-10H2,1H3;1H. The number of nitrogens with zero attached hydrogens (tertiary/aromatic N) is 3. The lowest BCUT2D eigenvalue weighted by Gasteiger charge is -2.24. The summed E-state index contributed by atoms with van der Waals surface area (Å²) < 4.78 is 0. The number of thiazole rings is 2. The lowest BCUT2D eigenvalue weighted by Crippen LogP contribution is -2.30. The highest BCUT2D eigenvalue weighted by molar-refractivity contribution is 7.11. The molecule has 1 atom stereocenters. The maximum absolute atomic E-state index is 4.91. The molecule has 3 heterocycles. The smallest absolute Gasteiger partial charge is 0.107 e. The molecule has 1 fully saturated rings. The number of halogens is 1.